The van der Waals surface area contributed by atoms with Gasteiger partial charge in [0, 0.05) is 48.7 Å². The van der Waals surface area contributed by atoms with Gasteiger partial charge in [0.25, 0.3) is 5.91 Å². The highest BCUT2D eigenvalue weighted by atomic mass is 35.5. The molecule has 0 aliphatic carbocycles. The summed E-state index contributed by atoms with van der Waals surface area (Å²) in [7, 11) is 0. The third-order valence-corrected chi connectivity index (χ3v) is 5.87. The van der Waals surface area contributed by atoms with E-state index >= 15 is 0 Å². The van der Waals surface area contributed by atoms with Crippen molar-refractivity contribution in [3.63, 3.8) is 0 Å². The molecule has 9 heteroatoms. The van der Waals surface area contributed by atoms with Gasteiger partial charge in [-0.1, -0.05) is 12.1 Å². The van der Waals surface area contributed by atoms with Gasteiger partial charge in [-0.2, -0.15) is 0 Å². The van der Waals surface area contributed by atoms with E-state index in [1.165, 1.54) is 5.69 Å². The fourth-order valence-electron chi connectivity index (χ4n) is 4.17. The molecule has 172 valence electrons. The molecule has 0 saturated carbocycles. The van der Waals surface area contributed by atoms with Crippen LogP contribution in [0.4, 0.5) is 5.69 Å². The maximum absolute atomic E-state index is 12.1. The third-order valence-electron chi connectivity index (χ3n) is 5.87. The van der Waals surface area contributed by atoms with E-state index < -0.39 is 5.91 Å². The first kappa shape index (κ1) is 25.8. The number of aliphatic hydroxyl groups excluding tert-OH is 1. The Balaban J connectivity index is 0.00000181. The number of carbonyl (C=O) groups excluding carboxylic acids is 1. The molecule has 0 spiro atoms. The largest absolute Gasteiger partial charge is 0.396 e. The van der Waals surface area contributed by atoms with E-state index in [0.29, 0.717) is 28.1 Å². The minimum absolute atomic E-state index is 0. The number of rotatable bonds is 6. The molecule has 3 N–H and O–H groups in total. The van der Waals surface area contributed by atoms with Gasteiger partial charge in [-0.15, -0.1) is 24.8 Å². The van der Waals surface area contributed by atoms with Gasteiger partial charge in [0.05, 0.1) is 16.8 Å². The second-order valence-corrected chi connectivity index (χ2v) is 7.73. The van der Waals surface area contributed by atoms with Crippen molar-refractivity contribution in [1.29, 1.82) is 0 Å². The van der Waals surface area contributed by atoms with Crippen LogP contribution in [0, 0.1) is 5.92 Å². The Morgan fingerprint density at radius 3 is 2.50 bits per heavy atom. The second-order valence-electron chi connectivity index (χ2n) is 7.73. The number of aromatic nitrogens is 2. The molecule has 1 aromatic carbocycles. The zero-order valence-corrected chi connectivity index (χ0v) is 19.2. The van der Waals surface area contributed by atoms with E-state index in [1.54, 1.807) is 30.0 Å². The van der Waals surface area contributed by atoms with Crippen LogP contribution in [0.3, 0.4) is 0 Å². The van der Waals surface area contributed by atoms with Crippen LogP contribution in [0.2, 0.25) is 0 Å². The summed E-state index contributed by atoms with van der Waals surface area (Å²) in [5, 5.41) is 18.7. The molecule has 0 radical (unpaired) electrons. The molecule has 0 bridgehead atoms. The quantitative estimate of drug-likeness (QED) is 0.361. The van der Waals surface area contributed by atoms with Gasteiger partial charge >= 0.3 is 0 Å². The number of benzene rings is 1. The summed E-state index contributed by atoms with van der Waals surface area (Å²) in [6, 6.07) is 11.6. The molecular formula is C23H28Cl2N4O3. The van der Waals surface area contributed by atoms with Crippen LogP contribution in [0.25, 0.3) is 22.2 Å². The van der Waals surface area contributed by atoms with Crippen molar-refractivity contribution in [3.8, 4) is 11.3 Å². The molecule has 1 amide bonds. The Morgan fingerprint density at radius 2 is 1.84 bits per heavy atom. The fourth-order valence-corrected chi connectivity index (χ4v) is 4.17. The Bertz CT molecular complexity index is 1030. The average molecular weight is 479 g/mol. The molecule has 7 nitrogen and oxygen atoms in total. The van der Waals surface area contributed by atoms with E-state index in [4.69, 9.17) is 10.3 Å². The first-order chi connectivity index (χ1) is 14.7. The molecule has 3 aromatic rings. The lowest BCUT2D eigenvalue weighted by atomic mass is 9.92. The van der Waals surface area contributed by atoms with Crippen molar-refractivity contribution < 1.29 is 15.1 Å². The van der Waals surface area contributed by atoms with Gasteiger partial charge in [-0.3, -0.25) is 15.0 Å². The first-order valence-electron chi connectivity index (χ1n) is 10.3. The smallest absolute Gasteiger partial charge is 0.275 e. The van der Waals surface area contributed by atoms with Crippen LogP contribution in [0.15, 0.2) is 48.8 Å². The SMILES string of the molecule is Cl.Cl.O=C(NO)c1cc(-c2ccc(N3CCC(CCCO)CC3)cc2)nc2ccncc12. The predicted molar refractivity (Wildman–Crippen MR) is 130 cm³/mol. The van der Waals surface area contributed by atoms with Crippen molar-refractivity contribution in [2.24, 2.45) is 5.92 Å². The number of anilines is 1. The number of pyridine rings is 2. The molecule has 2 aromatic heterocycles. The minimum atomic E-state index is -0.586. The summed E-state index contributed by atoms with van der Waals surface area (Å²) >= 11 is 0. The number of nitrogens with zero attached hydrogens (tertiary/aromatic N) is 3. The zero-order valence-electron chi connectivity index (χ0n) is 17.6. The van der Waals surface area contributed by atoms with Crippen LogP contribution < -0.4 is 10.4 Å². The highest BCUT2D eigenvalue weighted by molar-refractivity contribution is 6.06. The number of carbonyl (C=O) groups is 1. The van der Waals surface area contributed by atoms with E-state index in [0.717, 1.165) is 44.3 Å². The maximum atomic E-state index is 12.1. The Labute approximate surface area is 199 Å². The lowest BCUT2D eigenvalue weighted by Gasteiger charge is -2.33. The van der Waals surface area contributed by atoms with Crippen molar-refractivity contribution >= 4 is 47.3 Å². The summed E-state index contributed by atoms with van der Waals surface area (Å²) in [6.07, 6.45) is 7.51. The number of hydrogen-bond acceptors (Lipinski definition) is 6. The van der Waals surface area contributed by atoms with Gasteiger partial charge in [0.15, 0.2) is 0 Å². The summed E-state index contributed by atoms with van der Waals surface area (Å²) in [4.78, 5) is 23.2. The predicted octanol–water partition coefficient (Wildman–Crippen LogP) is 4.25. The molecule has 0 unspecified atom stereocenters. The van der Waals surface area contributed by atoms with Gasteiger partial charge in [0.1, 0.15) is 0 Å². The Morgan fingerprint density at radius 1 is 1.12 bits per heavy atom. The number of amides is 1. The molecule has 4 rings (SSSR count). The number of piperidine rings is 1. The Kier molecular flexibility index (Phi) is 9.65. The molecule has 1 saturated heterocycles. The van der Waals surface area contributed by atoms with E-state index in [1.807, 2.05) is 12.1 Å². The monoisotopic (exact) mass is 478 g/mol. The van der Waals surface area contributed by atoms with E-state index in [2.05, 4.69) is 27.0 Å². The van der Waals surface area contributed by atoms with Crippen LogP contribution >= 0.6 is 24.8 Å². The number of halogens is 2. The van der Waals surface area contributed by atoms with Crippen molar-refractivity contribution in [1.82, 2.24) is 15.4 Å². The van der Waals surface area contributed by atoms with Crippen LogP contribution in [-0.2, 0) is 0 Å². The van der Waals surface area contributed by atoms with Crippen LogP contribution in [0.1, 0.15) is 36.0 Å². The number of hydroxylamine groups is 1. The van der Waals surface area contributed by atoms with E-state index in [-0.39, 0.29) is 31.4 Å². The number of fused-ring (bicyclic) bond motifs is 1. The van der Waals surface area contributed by atoms with Gasteiger partial charge < -0.3 is 10.0 Å². The highest BCUT2D eigenvalue weighted by Gasteiger charge is 2.19. The van der Waals surface area contributed by atoms with Crippen molar-refractivity contribution in [3.05, 3.63) is 54.4 Å². The number of nitrogens with one attached hydrogen (secondary N) is 1. The molecule has 0 atom stereocenters. The topological polar surface area (TPSA) is 98.6 Å². The highest BCUT2D eigenvalue weighted by Crippen LogP contribution is 2.29. The summed E-state index contributed by atoms with van der Waals surface area (Å²) < 4.78 is 0. The summed E-state index contributed by atoms with van der Waals surface area (Å²) in [5.74, 6) is 0.123. The molecule has 3 heterocycles. The van der Waals surface area contributed by atoms with Crippen molar-refractivity contribution in [2.45, 2.75) is 25.7 Å². The summed E-state index contributed by atoms with van der Waals surface area (Å²) in [6.45, 7) is 2.33. The average Bonchev–Trinajstić information content (AvgIpc) is 2.82. The van der Waals surface area contributed by atoms with E-state index in [9.17, 15) is 4.79 Å². The maximum Gasteiger partial charge on any atom is 0.275 e. The normalized spacial score (nSPS) is 13.9. The number of hydrogen-bond donors (Lipinski definition) is 3. The standard InChI is InChI=1S/C23H26N4O3.2ClH/c28-13-1-2-16-8-11-27(12-9-16)18-5-3-17(4-6-18)22-14-19(23(29)26-30)20-15-24-10-7-21(20)25-22;;/h3-7,10,14-16,28,30H,1-2,8-9,11-13H2,(H,26,29);2*1H. The van der Waals surface area contributed by atoms with Gasteiger partial charge in [-0.25, -0.2) is 10.5 Å². The lowest BCUT2D eigenvalue weighted by molar-refractivity contribution is 0.0708. The second kappa shape index (κ2) is 12.0. The first-order valence-corrected chi connectivity index (χ1v) is 10.3. The van der Waals surface area contributed by atoms with Crippen LogP contribution in [-0.4, -0.2) is 45.9 Å². The molecule has 32 heavy (non-hydrogen) atoms. The lowest BCUT2D eigenvalue weighted by Crippen LogP contribution is -2.33. The third kappa shape index (κ3) is 5.66. The molecule has 1 aliphatic rings. The van der Waals surface area contributed by atoms with Crippen molar-refractivity contribution in [2.75, 3.05) is 24.6 Å². The Hall–Kier alpha value is -2.45. The molecule has 1 aliphatic heterocycles. The fraction of sp³-hybridized carbons (Fsp3) is 0.348. The van der Waals surface area contributed by atoms with Crippen LogP contribution in [0.5, 0.6) is 0 Å². The van der Waals surface area contributed by atoms with Gasteiger partial charge in [0.2, 0.25) is 0 Å². The molecule has 1 fully saturated rings. The van der Waals surface area contributed by atoms with Gasteiger partial charge in [-0.05, 0) is 55.9 Å². The zero-order chi connectivity index (χ0) is 20.9. The summed E-state index contributed by atoms with van der Waals surface area (Å²) in [5.41, 5.74) is 5.44. The molecular weight excluding hydrogens is 451 g/mol. The number of aliphatic hydroxyl groups is 1. The minimum Gasteiger partial charge on any atom is -0.396 e.